The molecule has 0 saturated carbocycles. The number of likely N-dealkylation sites (N-methyl/N-ethyl adjacent to an activating group) is 1. The molecule has 0 aliphatic rings. The molecule has 100 valence electrons. The molecule has 0 heterocycles. The molecule has 0 aliphatic carbocycles. The normalized spacial score (nSPS) is 12.7. The SMILES string of the molecule is CCC(C(=O)c1ccccc1)N(CC)CCOC. The smallest absolute Gasteiger partial charge is 0.179 e. The minimum absolute atomic E-state index is 0.0486. The number of hydrogen-bond acceptors (Lipinski definition) is 3. The van der Waals surface area contributed by atoms with Crippen molar-refractivity contribution in [3.63, 3.8) is 0 Å². The third-order valence-corrected chi connectivity index (χ3v) is 3.18. The Labute approximate surface area is 110 Å². The molecule has 0 spiro atoms. The van der Waals surface area contributed by atoms with Gasteiger partial charge >= 0.3 is 0 Å². The summed E-state index contributed by atoms with van der Waals surface area (Å²) < 4.78 is 5.10. The van der Waals surface area contributed by atoms with E-state index in [2.05, 4.69) is 18.7 Å². The number of methoxy groups -OCH3 is 1. The number of carbonyl (C=O) groups excluding carboxylic acids is 1. The van der Waals surface area contributed by atoms with E-state index in [0.29, 0.717) is 6.61 Å². The van der Waals surface area contributed by atoms with E-state index in [9.17, 15) is 4.79 Å². The number of nitrogens with zero attached hydrogens (tertiary/aromatic N) is 1. The summed E-state index contributed by atoms with van der Waals surface area (Å²) in [7, 11) is 1.69. The van der Waals surface area contributed by atoms with Gasteiger partial charge in [-0.3, -0.25) is 9.69 Å². The zero-order valence-electron chi connectivity index (χ0n) is 11.6. The second-order valence-electron chi connectivity index (χ2n) is 4.28. The molecule has 3 heteroatoms. The molecule has 1 aromatic carbocycles. The maximum Gasteiger partial charge on any atom is 0.179 e. The minimum atomic E-state index is -0.0486. The predicted molar refractivity (Wildman–Crippen MR) is 74.0 cm³/mol. The molecule has 0 bridgehead atoms. The summed E-state index contributed by atoms with van der Waals surface area (Å²) in [6.07, 6.45) is 0.825. The molecule has 1 rings (SSSR count). The van der Waals surface area contributed by atoms with Crippen molar-refractivity contribution in [3.8, 4) is 0 Å². The van der Waals surface area contributed by atoms with Crippen LogP contribution in [0.2, 0.25) is 0 Å². The summed E-state index contributed by atoms with van der Waals surface area (Å²) in [6, 6.07) is 9.47. The molecule has 1 unspecified atom stereocenters. The first-order valence-corrected chi connectivity index (χ1v) is 6.56. The van der Waals surface area contributed by atoms with E-state index in [0.717, 1.165) is 25.1 Å². The van der Waals surface area contributed by atoms with E-state index in [1.165, 1.54) is 0 Å². The number of hydrogen-bond donors (Lipinski definition) is 0. The summed E-state index contributed by atoms with van der Waals surface area (Å²) in [6.45, 7) is 6.45. The maximum atomic E-state index is 12.5. The van der Waals surface area contributed by atoms with Gasteiger partial charge in [0.25, 0.3) is 0 Å². The van der Waals surface area contributed by atoms with Gasteiger partial charge in [0.1, 0.15) is 0 Å². The number of Topliss-reactive ketones (excluding diaryl/α,β-unsaturated/α-hetero) is 1. The van der Waals surface area contributed by atoms with Gasteiger partial charge in [-0.15, -0.1) is 0 Å². The lowest BCUT2D eigenvalue weighted by molar-refractivity contribution is 0.0755. The van der Waals surface area contributed by atoms with E-state index >= 15 is 0 Å². The third kappa shape index (κ3) is 3.93. The summed E-state index contributed by atoms with van der Waals surface area (Å²) in [4.78, 5) is 14.6. The summed E-state index contributed by atoms with van der Waals surface area (Å²) >= 11 is 0. The van der Waals surface area contributed by atoms with E-state index in [-0.39, 0.29) is 11.8 Å². The Balaban J connectivity index is 2.78. The highest BCUT2D eigenvalue weighted by Gasteiger charge is 2.23. The molecule has 0 radical (unpaired) electrons. The van der Waals surface area contributed by atoms with Gasteiger partial charge in [-0.2, -0.15) is 0 Å². The fourth-order valence-corrected chi connectivity index (χ4v) is 2.15. The Kier molecular flexibility index (Phi) is 6.61. The molecule has 18 heavy (non-hydrogen) atoms. The Morgan fingerprint density at radius 2 is 1.94 bits per heavy atom. The van der Waals surface area contributed by atoms with Crippen LogP contribution in [0.3, 0.4) is 0 Å². The molecular weight excluding hydrogens is 226 g/mol. The van der Waals surface area contributed by atoms with Crippen LogP contribution in [0.5, 0.6) is 0 Å². The number of rotatable bonds is 8. The van der Waals surface area contributed by atoms with Gasteiger partial charge in [0.2, 0.25) is 0 Å². The lowest BCUT2D eigenvalue weighted by atomic mass is 10.0. The van der Waals surface area contributed by atoms with Gasteiger partial charge in [0.05, 0.1) is 12.6 Å². The first kappa shape index (κ1) is 14.9. The lowest BCUT2D eigenvalue weighted by Gasteiger charge is -2.28. The molecular formula is C15H23NO2. The quantitative estimate of drug-likeness (QED) is 0.663. The molecule has 1 atom stereocenters. The largest absolute Gasteiger partial charge is 0.383 e. The van der Waals surface area contributed by atoms with Crippen LogP contribution in [0.4, 0.5) is 0 Å². The van der Waals surface area contributed by atoms with Crippen LogP contribution in [0.25, 0.3) is 0 Å². The van der Waals surface area contributed by atoms with Crippen LogP contribution in [0.1, 0.15) is 30.6 Å². The Bertz CT molecular complexity index is 351. The molecule has 1 aromatic rings. The number of carbonyl (C=O) groups is 1. The lowest BCUT2D eigenvalue weighted by Crippen LogP contribution is -2.42. The van der Waals surface area contributed by atoms with E-state index in [4.69, 9.17) is 4.74 Å². The van der Waals surface area contributed by atoms with Crippen LogP contribution in [-0.4, -0.2) is 43.5 Å². The molecule has 0 aliphatic heterocycles. The summed E-state index contributed by atoms with van der Waals surface area (Å²) in [5.41, 5.74) is 0.792. The standard InChI is InChI=1S/C15H23NO2/c1-4-14(16(5-2)11-12-18-3)15(17)13-9-7-6-8-10-13/h6-10,14H,4-5,11-12H2,1-3H3. The summed E-state index contributed by atoms with van der Waals surface area (Å²) in [5.74, 6) is 0.205. The van der Waals surface area contributed by atoms with Gasteiger partial charge in [0, 0.05) is 19.2 Å². The third-order valence-electron chi connectivity index (χ3n) is 3.18. The average molecular weight is 249 g/mol. The molecule has 0 saturated heterocycles. The minimum Gasteiger partial charge on any atom is -0.383 e. The number of benzene rings is 1. The van der Waals surface area contributed by atoms with Gasteiger partial charge in [-0.25, -0.2) is 0 Å². The topological polar surface area (TPSA) is 29.5 Å². The monoisotopic (exact) mass is 249 g/mol. The van der Waals surface area contributed by atoms with Gasteiger partial charge in [-0.1, -0.05) is 44.2 Å². The molecule has 0 fully saturated rings. The Morgan fingerprint density at radius 3 is 2.44 bits per heavy atom. The maximum absolute atomic E-state index is 12.5. The second-order valence-corrected chi connectivity index (χ2v) is 4.28. The van der Waals surface area contributed by atoms with Crippen molar-refractivity contribution in [1.82, 2.24) is 4.90 Å². The van der Waals surface area contributed by atoms with Crippen molar-refractivity contribution in [3.05, 3.63) is 35.9 Å². The number of ketones is 1. The van der Waals surface area contributed by atoms with Gasteiger partial charge in [0.15, 0.2) is 5.78 Å². The fraction of sp³-hybridized carbons (Fsp3) is 0.533. The molecule has 0 amide bonds. The highest BCUT2D eigenvalue weighted by Crippen LogP contribution is 2.12. The van der Waals surface area contributed by atoms with Crippen molar-refractivity contribution in [1.29, 1.82) is 0 Å². The Morgan fingerprint density at radius 1 is 1.28 bits per heavy atom. The first-order valence-electron chi connectivity index (χ1n) is 6.56. The van der Waals surface area contributed by atoms with E-state index < -0.39 is 0 Å². The molecule has 3 nitrogen and oxygen atoms in total. The van der Waals surface area contributed by atoms with Gasteiger partial charge < -0.3 is 4.74 Å². The average Bonchev–Trinajstić information content (AvgIpc) is 2.43. The van der Waals surface area contributed by atoms with Crippen LogP contribution < -0.4 is 0 Å². The fourth-order valence-electron chi connectivity index (χ4n) is 2.15. The van der Waals surface area contributed by atoms with Crippen molar-refractivity contribution in [2.45, 2.75) is 26.3 Å². The van der Waals surface area contributed by atoms with Crippen molar-refractivity contribution < 1.29 is 9.53 Å². The van der Waals surface area contributed by atoms with E-state index in [1.54, 1.807) is 7.11 Å². The highest BCUT2D eigenvalue weighted by molar-refractivity contribution is 6.00. The predicted octanol–water partition coefficient (Wildman–Crippen LogP) is 2.62. The van der Waals surface area contributed by atoms with E-state index in [1.807, 2.05) is 30.3 Å². The van der Waals surface area contributed by atoms with Crippen LogP contribution in [-0.2, 0) is 4.74 Å². The number of ether oxygens (including phenoxy) is 1. The highest BCUT2D eigenvalue weighted by atomic mass is 16.5. The molecule has 0 N–H and O–H groups in total. The van der Waals surface area contributed by atoms with Crippen molar-refractivity contribution >= 4 is 5.78 Å². The van der Waals surface area contributed by atoms with Crippen LogP contribution in [0, 0.1) is 0 Å². The van der Waals surface area contributed by atoms with Crippen molar-refractivity contribution in [2.75, 3.05) is 26.8 Å². The van der Waals surface area contributed by atoms with Crippen molar-refractivity contribution in [2.24, 2.45) is 0 Å². The molecule has 0 aromatic heterocycles. The van der Waals surface area contributed by atoms with Crippen LogP contribution >= 0.6 is 0 Å². The Hall–Kier alpha value is -1.19. The zero-order chi connectivity index (χ0) is 13.4. The van der Waals surface area contributed by atoms with Crippen LogP contribution in [0.15, 0.2) is 30.3 Å². The first-order chi connectivity index (χ1) is 8.74. The second kappa shape index (κ2) is 8.01. The summed E-state index contributed by atoms with van der Waals surface area (Å²) in [5, 5.41) is 0. The zero-order valence-corrected chi connectivity index (χ0v) is 11.6. The van der Waals surface area contributed by atoms with Gasteiger partial charge in [-0.05, 0) is 13.0 Å².